The zero-order valence-corrected chi connectivity index (χ0v) is 17.1. The Labute approximate surface area is 179 Å². The number of aromatic nitrogens is 2. The number of rotatable bonds is 4. The molecule has 1 atom stereocenters. The van der Waals surface area contributed by atoms with Crippen molar-refractivity contribution in [1.82, 2.24) is 14.9 Å². The molecule has 9 heteroatoms. The average molecular weight is 420 g/mol. The van der Waals surface area contributed by atoms with Crippen LogP contribution in [0.2, 0.25) is 0 Å². The molecular formula is C22H24N6O3. The van der Waals surface area contributed by atoms with Crippen molar-refractivity contribution in [3.05, 3.63) is 58.6 Å². The monoisotopic (exact) mass is 420 g/mol. The fourth-order valence-corrected chi connectivity index (χ4v) is 4.58. The summed E-state index contributed by atoms with van der Waals surface area (Å²) >= 11 is 0. The third kappa shape index (κ3) is 3.72. The van der Waals surface area contributed by atoms with Crippen molar-refractivity contribution in [2.75, 3.05) is 42.5 Å². The summed E-state index contributed by atoms with van der Waals surface area (Å²) in [6.45, 7) is 3.87. The minimum atomic E-state index is -0.428. The molecule has 31 heavy (non-hydrogen) atoms. The van der Waals surface area contributed by atoms with Gasteiger partial charge in [-0.05, 0) is 31.0 Å². The normalized spacial score (nSPS) is 20.4. The number of nitrogens with one attached hydrogen (secondary N) is 1. The number of hydrogen-bond acceptors (Lipinski definition) is 6. The Kier molecular flexibility index (Phi) is 5.03. The number of benzene rings is 2. The van der Waals surface area contributed by atoms with Crippen molar-refractivity contribution < 1.29 is 9.72 Å². The van der Waals surface area contributed by atoms with Gasteiger partial charge in [0.15, 0.2) is 0 Å². The van der Waals surface area contributed by atoms with E-state index in [1.54, 1.807) is 17.0 Å². The van der Waals surface area contributed by atoms with Crippen molar-refractivity contribution >= 4 is 34.3 Å². The summed E-state index contributed by atoms with van der Waals surface area (Å²) < 4.78 is 0. The molecule has 3 heterocycles. The average Bonchev–Trinajstić information content (AvgIpc) is 3.29. The van der Waals surface area contributed by atoms with E-state index < -0.39 is 4.92 Å². The molecule has 2 aromatic carbocycles. The molecule has 0 bridgehead atoms. The second kappa shape index (κ2) is 7.99. The van der Waals surface area contributed by atoms with E-state index >= 15 is 0 Å². The van der Waals surface area contributed by atoms with E-state index in [4.69, 9.17) is 4.98 Å². The quantitative estimate of drug-likeness (QED) is 0.515. The van der Waals surface area contributed by atoms with Gasteiger partial charge in [-0.3, -0.25) is 19.8 Å². The SMILES string of the molecule is O=C1C(N2CCCN(c3nc4ccccc4[nH]3)CC2)CCN1c1cccc([N+](=O)[O-])c1. The fraction of sp³-hybridized carbons (Fsp3) is 0.364. The van der Waals surface area contributed by atoms with Crippen molar-refractivity contribution in [2.24, 2.45) is 0 Å². The van der Waals surface area contributed by atoms with Gasteiger partial charge in [-0.25, -0.2) is 4.98 Å². The summed E-state index contributed by atoms with van der Waals surface area (Å²) in [5, 5.41) is 11.1. The third-order valence-corrected chi connectivity index (χ3v) is 6.18. The number of nitro groups is 1. The van der Waals surface area contributed by atoms with E-state index in [9.17, 15) is 14.9 Å². The first kappa shape index (κ1) is 19.5. The van der Waals surface area contributed by atoms with Gasteiger partial charge in [-0.15, -0.1) is 0 Å². The molecule has 2 aliphatic rings. The van der Waals surface area contributed by atoms with Crippen LogP contribution in [0.15, 0.2) is 48.5 Å². The minimum Gasteiger partial charge on any atom is -0.341 e. The number of carbonyl (C=O) groups excluding carboxylic acids is 1. The number of aromatic amines is 1. The van der Waals surface area contributed by atoms with Crippen LogP contribution in [-0.2, 0) is 4.79 Å². The van der Waals surface area contributed by atoms with E-state index in [-0.39, 0.29) is 17.6 Å². The molecule has 1 amide bonds. The van der Waals surface area contributed by atoms with E-state index in [0.29, 0.717) is 12.2 Å². The zero-order chi connectivity index (χ0) is 21.4. The van der Waals surface area contributed by atoms with Gasteiger partial charge in [0, 0.05) is 44.9 Å². The van der Waals surface area contributed by atoms with Crippen LogP contribution in [0.4, 0.5) is 17.3 Å². The molecule has 3 aromatic rings. The van der Waals surface area contributed by atoms with Crippen LogP contribution < -0.4 is 9.80 Å². The first-order chi connectivity index (χ1) is 15.1. The van der Waals surface area contributed by atoms with Crippen LogP contribution in [0.5, 0.6) is 0 Å². The number of hydrogen-bond donors (Lipinski definition) is 1. The lowest BCUT2D eigenvalue weighted by atomic mass is 10.2. The number of para-hydroxylation sites is 2. The molecule has 9 nitrogen and oxygen atoms in total. The van der Waals surface area contributed by atoms with E-state index in [1.165, 1.54) is 12.1 Å². The van der Waals surface area contributed by atoms with Crippen LogP contribution >= 0.6 is 0 Å². The summed E-state index contributed by atoms with van der Waals surface area (Å²) in [4.78, 5) is 38.1. The molecule has 2 aliphatic heterocycles. The van der Waals surface area contributed by atoms with Crippen LogP contribution in [0.3, 0.4) is 0 Å². The maximum Gasteiger partial charge on any atom is 0.271 e. The van der Waals surface area contributed by atoms with Gasteiger partial charge in [0.2, 0.25) is 11.9 Å². The number of amides is 1. The Bertz CT molecular complexity index is 1100. The highest BCUT2D eigenvalue weighted by atomic mass is 16.6. The Hall–Kier alpha value is -3.46. The van der Waals surface area contributed by atoms with Gasteiger partial charge in [0.05, 0.1) is 27.7 Å². The molecule has 0 saturated carbocycles. The maximum absolute atomic E-state index is 13.1. The number of carbonyl (C=O) groups is 1. The molecule has 160 valence electrons. The summed E-state index contributed by atoms with van der Waals surface area (Å²) in [6.07, 6.45) is 1.67. The maximum atomic E-state index is 13.1. The van der Waals surface area contributed by atoms with E-state index in [0.717, 1.165) is 56.0 Å². The third-order valence-electron chi connectivity index (χ3n) is 6.18. The van der Waals surface area contributed by atoms with E-state index in [2.05, 4.69) is 14.8 Å². The molecule has 0 aliphatic carbocycles. The summed E-state index contributed by atoms with van der Waals surface area (Å²) in [5.41, 5.74) is 2.58. The molecule has 0 radical (unpaired) electrons. The zero-order valence-electron chi connectivity index (χ0n) is 17.1. The van der Waals surface area contributed by atoms with Gasteiger partial charge in [-0.2, -0.15) is 0 Å². The number of nitro benzene ring substituents is 1. The molecule has 2 fully saturated rings. The lowest BCUT2D eigenvalue weighted by Crippen LogP contribution is -2.43. The number of anilines is 2. The van der Waals surface area contributed by atoms with Gasteiger partial charge < -0.3 is 14.8 Å². The van der Waals surface area contributed by atoms with Crippen molar-refractivity contribution in [2.45, 2.75) is 18.9 Å². The van der Waals surface area contributed by atoms with Gasteiger partial charge in [-0.1, -0.05) is 18.2 Å². The van der Waals surface area contributed by atoms with Crippen LogP contribution in [-0.4, -0.2) is 64.5 Å². The Balaban J connectivity index is 1.27. The number of non-ortho nitro benzene ring substituents is 1. The first-order valence-electron chi connectivity index (χ1n) is 10.6. The molecular weight excluding hydrogens is 396 g/mol. The molecule has 0 spiro atoms. The van der Waals surface area contributed by atoms with Crippen molar-refractivity contribution in [3.63, 3.8) is 0 Å². The van der Waals surface area contributed by atoms with Crippen LogP contribution in [0.25, 0.3) is 11.0 Å². The minimum absolute atomic E-state index is 0.00463. The Morgan fingerprint density at radius 3 is 2.74 bits per heavy atom. The highest BCUT2D eigenvalue weighted by Crippen LogP contribution is 2.28. The largest absolute Gasteiger partial charge is 0.341 e. The predicted molar refractivity (Wildman–Crippen MR) is 118 cm³/mol. The fourth-order valence-electron chi connectivity index (χ4n) is 4.58. The van der Waals surface area contributed by atoms with Gasteiger partial charge >= 0.3 is 0 Å². The van der Waals surface area contributed by atoms with E-state index in [1.807, 2.05) is 24.3 Å². The van der Waals surface area contributed by atoms with Gasteiger partial charge in [0.25, 0.3) is 5.69 Å². The van der Waals surface area contributed by atoms with Crippen LogP contribution in [0, 0.1) is 10.1 Å². The molecule has 1 unspecified atom stereocenters. The summed E-state index contributed by atoms with van der Waals surface area (Å²) in [7, 11) is 0. The topological polar surface area (TPSA) is 98.6 Å². The molecule has 5 rings (SSSR count). The second-order valence-corrected chi connectivity index (χ2v) is 8.03. The highest BCUT2D eigenvalue weighted by Gasteiger charge is 2.37. The second-order valence-electron chi connectivity index (χ2n) is 8.03. The smallest absolute Gasteiger partial charge is 0.271 e. The lowest BCUT2D eigenvalue weighted by molar-refractivity contribution is -0.384. The lowest BCUT2D eigenvalue weighted by Gasteiger charge is -2.26. The molecule has 2 saturated heterocycles. The number of H-pyrrole nitrogens is 1. The number of nitrogens with zero attached hydrogens (tertiary/aromatic N) is 5. The number of imidazole rings is 1. The standard InChI is InChI=1S/C22H24N6O3/c29-21-20(9-12-27(21)16-5-3-6-17(15-16)28(30)31)25-10-4-11-26(14-13-25)22-23-18-7-1-2-8-19(18)24-22/h1-3,5-8,15,20H,4,9-14H2,(H,23,24). The first-order valence-corrected chi connectivity index (χ1v) is 10.6. The molecule has 1 N–H and O–H groups in total. The Morgan fingerprint density at radius 2 is 1.90 bits per heavy atom. The summed E-state index contributed by atoms with van der Waals surface area (Å²) in [5.74, 6) is 0.900. The van der Waals surface area contributed by atoms with Gasteiger partial charge in [0.1, 0.15) is 0 Å². The van der Waals surface area contributed by atoms with Crippen LogP contribution in [0.1, 0.15) is 12.8 Å². The summed E-state index contributed by atoms with van der Waals surface area (Å²) in [6, 6.07) is 14.1. The predicted octanol–water partition coefficient (Wildman–Crippen LogP) is 2.79. The number of fused-ring (bicyclic) bond motifs is 1. The highest BCUT2D eigenvalue weighted by molar-refractivity contribution is 5.99. The Morgan fingerprint density at radius 1 is 1.03 bits per heavy atom. The van der Waals surface area contributed by atoms with Crippen molar-refractivity contribution in [1.29, 1.82) is 0 Å². The molecule has 1 aromatic heterocycles. The van der Waals surface area contributed by atoms with Crippen molar-refractivity contribution in [3.8, 4) is 0 Å².